The molecule has 1 aromatic heterocycles. The highest BCUT2D eigenvalue weighted by atomic mass is 16.1. The molecule has 0 amide bonds. The van der Waals surface area contributed by atoms with Crippen LogP contribution in [0.3, 0.4) is 0 Å². The summed E-state index contributed by atoms with van der Waals surface area (Å²) in [5.41, 5.74) is 5.78. The van der Waals surface area contributed by atoms with Crippen molar-refractivity contribution >= 4 is 5.82 Å². The van der Waals surface area contributed by atoms with Gasteiger partial charge >= 0.3 is 0 Å². The molecule has 0 spiro atoms. The number of hydrogen-bond donors (Lipinski definition) is 1. The minimum absolute atomic E-state index is 0.0651. The van der Waals surface area contributed by atoms with Crippen LogP contribution in [0.2, 0.25) is 0 Å². The molecule has 1 saturated carbocycles. The van der Waals surface area contributed by atoms with Crippen molar-refractivity contribution in [1.82, 2.24) is 14.5 Å². The van der Waals surface area contributed by atoms with Crippen molar-refractivity contribution in [2.45, 2.75) is 31.8 Å². The van der Waals surface area contributed by atoms with Gasteiger partial charge in [0.2, 0.25) is 0 Å². The number of rotatable bonds is 4. The molecule has 3 rings (SSSR count). The van der Waals surface area contributed by atoms with Gasteiger partial charge in [0.15, 0.2) is 5.82 Å². The lowest BCUT2D eigenvalue weighted by Crippen LogP contribution is -2.52. The smallest absolute Gasteiger partial charge is 0.293 e. The van der Waals surface area contributed by atoms with Gasteiger partial charge in [0, 0.05) is 57.2 Å². The predicted octanol–water partition coefficient (Wildman–Crippen LogP) is 0.0474. The highest BCUT2D eigenvalue weighted by Gasteiger charge is 2.27. The Kier molecular flexibility index (Phi) is 3.76. The van der Waals surface area contributed by atoms with Crippen LogP contribution in [0, 0.1) is 0 Å². The fourth-order valence-electron chi connectivity index (χ4n) is 2.79. The second-order valence-corrected chi connectivity index (χ2v) is 5.80. The Hall–Kier alpha value is -1.40. The third-order valence-electron chi connectivity index (χ3n) is 4.37. The summed E-state index contributed by atoms with van der Waals surface area (Å²) in [6.45, 7) is 6.41. The topological polar surface area (TPSA) is 67.4 Å². The molecule has 6 heteroatoms. The molecule has 6 nitrogen and oxygen atoms in total. The number of piperazine rings is 1. The van der Waals surface area contributed by atoms with Crippen LogP contribution in [0.4, 0.5) is 5.82 Å². The van der Waals surface area contributed by atoms with Crippen LogP contribution in [-0.4, -0.2) is 53.2 Å². The molecule has 0 aromatic carbocycles. The number of aromatic nitrogens is 2. The molecule has 20 heavy (non-hydrogen) atoms. The Labute approximate surface area is 119 Å². The molecule has 2 N–H and O–H groups in total. The summed E-state index contributed by atoms with van der Waals surface area (Å²) >= 11 is 0. The van der Waals surface area contributed by atoms with Gasteiger partial charge in [-0.25, -0.2) is 4.98 Å². The highest BCUT2D eigenvalue weighted by Crippen LogP contribution is 2.33. The van der Waals surface area contributed by atoms with Crippen molar-refractivity contribution in [3.63, 3.8) is 0 Å². The first-order valence-electron chi connectivity index (χ1n) is 7.47. The van der Waals surface area contributed by atoms with Crippen LogP contribution in [0.1, 0.15) is 25.8 Å². The molecule has 2 fully saturated rings. The molecule has 1 aliphatic carbocycles. The van der Waals surface area contributed by atoms with Gasteiger partial charge < -0.3 is 15.2 Å². The third-order valence-corrected chi connectivity index (χ3v) is 4.37. The van der Waals surface area contributed by atoms with E-state index in [2.05, 4.69) is 21.7 Å². The molecular weight excluding hydrogens is 254 g/mol. The Balaban J connectivity index is 1.72. The highest BCUT2D eigenvalue weighted by molar-refractivity contribution is 5.36. The predicted molar refractivity (Wildman–Crippen MR) is 79.1 cm³/mol. The SMILES string of the molecule is CC(CN)N1CCN(c2nccn(C3CC3)c2=O)CC1. The largest absolute Gasteiger partial charge is 0.349 e. The summed E-state index contributed by atoms with van der Waals surface area (Å²) in [6.07, 6.45) is 5.80. The monoisotopic (exact) mass is 277 g/mol. The zero-order valence-electron chi connectivity index (χ0n) is 12.0. The van der Waals surface area contributed by atoms with Crippen LogP contribution < -0.4 is 16.2 Å². The maximum Gasteiger partial charge on any atom is 0.293 e. The van der Waals surface area contributed by atoms with Crippen LogP contribution in [-0.2, 0) is 0 Å². The number of nitrogens with zero attached hydrogens (tertiary/aromatic N) is 4. The lowest BCUT2D eigenvalue weighted by molar-refractivity contribution is 0.201. The van der Waals surface area contributed by atoms with Gasteiger partial charge in [-0.3, -0.25) is 9.69 Å². The minimum atomic E-state index is 0.0651. The minimum Gasteiger partial charge on any atom is -0.349 e. The normalized spacial score (nSPS) is 22.0. The van der Waals surface area contributed by atoms with Gasteiger partial charge in [-0.1, -0.05) is 0 Å². The van der Waals surface area contributed by atoms with Crippen LogP contribution in [0.25, 0.3) is 0 Å². The van der Waals surface area contributed by atoms with E-state index in [1.165, 1.54) is 0 Å². The van der Waals surface area contributed by atoms with E-state index in [0.29, 0.717) is 24.4 Å². The van der Waals surface area contributed by atoms with Gasteiger partial charge in [0.25, 0.3) is 5.56 Å². The molecule has 2 heterocycles. The number of hydrogen-bond acceptors (Lipinski definition) is 5. The maximum absolute atomic E-state index is 12.4. The second kappa shape index (κ2) is 5.54. The first-order valence-corrected chi connectivity index (χ1v) is 7.47. The van der Waals surface area contributed by atoms with Gasteiger partial charge in [-0.15, -0.1) is 0 Å². The maximum atomic E-state index is 12.4. The van der Waals surface area contributed by atoms with Crippen molar-refractivity contribution in [2.24, 2.45) is 5.73 Å². The second-order valence-electron chi connectivity index (χ2n) is 5.80. The summed E-state index contributed by atoms with van der Waals surface area (Å²) in [5.74, 6) is 0.611. The van der Waals surface area contributed by atoms with E-state index >= 15 is 0 Å². The zero-order valence-corrected chi connectivity index (χ0v) is 12.0. The van der Waals surface area contributed by atoms with E-state index in [0.717, 1.165) is 39.0 Å². The fourth-order valence-corrected chi connectivity index (χ4v) is 2.79. The van der Waals surface area contributed by atoms with E-state index < -0.39 is 0 Å². The number of anilines is 1. The van der Waals surface area contributed by atoms with Gasteiger partial charge in [-0.05, 0) is 19.8 Å². The summed E-state index contributed by atoms with van der Waals surface area (Å²) in [7, 11) is 0. The van der Waals surface area contributed by atoms with Gasteiger partial charge in [0.1, 0.15) is 0 Å². The molecule has 1 aromatic rings. The number of nitrogens with two attached hydrogens (primary N) is 1. The van der Waals surface area contributed by atoms with Crippen molar-refractivity contribution in [3.05, 3.63) is 22.7 Å². The first kappa shape index (κ1) is 13.6. The fraction of sp³-hybridized carbons (Fsp3) is 0.714. The van der Waals surface area contributed by atoms with Crippen molar-refractivity contribution < 1.29 is 0 Å². The molecule has 2 aliphatic rings. The van der Waals surface area contributed by atoms with Gasteiger partial charge in [-0.2, -0.15) is 0 Å². The molecule has 0 bridgehead atoms. The Morgan fingerprint density at radius 3 is 2.65 bits per heavy atom. The average Bonchev–Trinajstić information content (AvgIpc) is 3.31. The lowest BCUT2D eigenvalue weighted by Gasteiger charge is -2.37. The molecule has 1 unspecified atom stereocenters. The first-order chi connectivity index (χ1) is 9.70. The summed E-state index contributed by atoms with van der Waals surface area (Å²) in [6, 6.07) is 0.812. The Bertz CT molecular complexity index is 517. The van der Waals surface area contributed by atoms with E-state index in [1.54, 1.807) is 6.20 Å². The summed E-state index contributed by atoms with van der Waals surface area (Å²) in [4.78, 5) is 21.2. The van der Waals surface area contributed by atoms with E-state index in [4.69, 9.17) is 5.73 Å². The van der Waals surface area contributed by atoms with Crippen LogP contribution in [0.15, 0.2) is 17.2 Å². The third kappa shape index (κ3) is 2.58. The van der Waals surface area contributed by atoms with Crippen LogP contribution >= 0.6 is 0 Å². The molecule has 1 atom stereocenters. The molecule has 110 valence electrons. The molecule has 1 aliphatic heterocycles. The van der Waals surface area contributed by atoms with E-state index in [-0.39, 0.29) is 5.56 Å². The Morgan fingerprint density at radius 2 is 2.05 bits per heavy atom. The quantitative estimate of drug-likeness (QED) is 0.842. The van der Waals surface area contributed by atoms with E-state index in [1.807, 2.05) is 10.8 Å². The summed E-state index contributed by atoms with van der Waals surface area (Å²) in [5, 5.41) is 0. The molecule has 0 radical (unpaired) electrons. The standard InChI is InChI=1S/C14H23N5O/c1-11(10-15)17-6-8-18(9-7-17)13-14(20)19(5-4-16-13)12-2-3-12/h4-5,11-12H,2-3,6-10,15H2,1H3. The van der Waals surface area contributed by atoms with E-state index in [9.17, 15) is 4.79 Å². The average molecular weight is 277 g/mol. The van der Waals surface area contributed by atoms with Crippen LogP contribution in [0.5, 0.6) is 0 Å². The van der Waals surface area contributed by atoms with Crippen molar-refractivity contribution in [2.75, 3.05) is 37.6 Å². The summed E-state index contributed by atoms with van der Waals surface area (Å²) < 4.78 is 1.84. The van der Waals surface area contributed by atoms with Crippen molar-refractivity contribution in [3.8, 4) is 0 Å². The zero-order chi connectivity index (χ0) is 14.1. The van der Waals surface area contributed by atoms with Crippen molar-refractivity contribution in [1.29, 1.82) is 0 Å². The van der Waals surface area contributed by atoms with Gasteiger partial charge in [0.05, 0.1) is 0 Å². The Morgan fingerprint density at radius 1 is 1.35 bits per heavy atom. The molecular formula is C14H23N5O. The lowest BCUT2D eigenvalue weighted by atomic mass is 10.2. The molecule has 1 saturated heterocycles.